The van der Waals surface area contributed by atoms with E-state index in [4.69, 9.17) is 0 Å². The van der Waals surface area contributed by atoms with Gasteiger partial charge >= 0.3 is 0 Å². The lowest BCUT2D eigenvalue weighted by Gasteiger charge is -2.34. The summed E-state index contributed by atoms with van der Waals surface area (Å²) in [5, 5.41) is 0. The highest BCUT2D eigenvalue weighted by atomic mass is 32.2. The van der Waals surface area contributed by atoms with Gasteiger partial charge in [0.05, 0.1) is 6.26 Å². The number of nitrogens with zero attached hydrogens (tertiary/aromatic N) is 1. The SMILES string of the molecule is C[C]1CN(S(C)(=O)=O)C1. The number of rotatable bonds is 1. The fourth-order valence-electron chi connectivity index (χ4n) is 0.790. The van der Waals surface area contributed by atoms with Crippen LogP contribution in [-0.2, 0) is 10.0 Å². The van der Waals surface area contributed by atoms with Gasteiger partial charge in [0, 0.05) is 19.0 Å². The molecule has 0 aromatic heterocycles. The van der Waals surface area contributed by atoms with Gasteiger partial charge in [0.1, 0.15) is 0 Å². The van der Waals surface area contributed by atoms with Crippen molar-refractivity contribution in [3.8, 4) is 0 Å². The summed E-state index contributed by atoms with van der Waals surface area (Å²) in [6.45, 7) is 3.21. The maximum atomic E-state index is 10.7. The summed E-state index contributed by atoms with van der Waals surface area (Å²) < 4.78 is 22.8. The van der Waals surface area contributed by atoms with Gasteiger partial charge in [0.2, 0.25) is 10.0 Å². The van der Waals surface area contributed by atoms with Crippen LogP contribution in [0.25, 0.3) is 0 Å². The molecule has 1 fully saturated rings. The Morgan fingerprint density at radius 2 is 1.89 bits per heavy atom. The van der Waals surface area contributed by atoms with Crippen molar-refractivity contribution in [1.29, 1.82) is 0 Å². The topological polar surface area (TPSA) is 37.4 Å². The van der Waals surface area contributed by atoms with Crippen LogP contribution >= 0.6 is 0 Å². The molecule has 53 valence electrons. The Morgan fingerprint density at radius 1 is 1.44 bits per heavy atom. The lowest BCUT2D eigenvalue weighted by molar-refractivity contribution is 0.346. The monoisotopic (exact) mass is 148 g/mol. The van der Waals surface area contributed by atoms with Crippen LogP contribution in [0.4, 0.5) is 0 Å². The van der Waals surface area contributed by atoms with E-state index in [1.807, 2.05) is 6.92 Å². The molecule has 3 nitrogen and oxygen atoms in total. The van der Waals surface area contributed by atoms with Crippen LogP contribution in [0.2, 0.25) is 0 Å². The molecule has 0 aromatic rings. The standard InChI is InChI=1S/C5H10NO2S/c1-5-3-6(4-5)9(2,7)8/h3-4H2,1-2H3. The molecule has 0 saturated carbocycles. The molecule has 0 atom stereocenters. The molecular weight excluding hydrogens is 138 g/mol. The molecule has 1 rings (SSSR count). The molecule has 0 unspecified atom stereocenters. The Hall–Kier alpha value is -0.0900. The van der Waals surface area contributed by atoms with Gasteiger partial charge in [0.15, 0.2) is 0 Å². The number of sulfonamides is 1. The van der Waals surface area contributed by atoms with Crippen molar-refractivity contribution < 1.29 is 8.42 Å². The fourth-order valence-corrected chi connectivity index (χ4v) is 1.70. The van der Waals surface area contributed by atoms with Gasteiger partial charge < -0.3 is 0 Å². The van der Waals surface area contributed by atoms with Crippen LogP contribution < -0.4 is 0 Å². The van der Waals surface area contributed by atoms with Crippen molar-refractivity contribution in [2.24, 2.45) is 0 Å². The second-order valence-electron chi connectivity index (χ2n) is 2.49. The lowest BCUT2D eigenvalue weighted by Crippen LogP contribution is -2.46. The number of hydrogen-bond acceptors (Lipinski definition) is 2. The summed E-state index contributed by atoms with van der Waals surface area (Å²) >= 11 is 0. The minimum atomic E-state index is -2.89. The molecule has 1 aliphatic heterocycles. The van der Waals surface area contributed by atoms with E-state index in [1.54, 1.807) is 0 Å². The molecule has 0 amide bonds. The third-order valence-corrected chi connectivity index (χ3v) is 2.56. The molecule has 0 spiro atoms. The van der Waals surface area contributed by atoms with Crippen LogP contribution in [0.3, 0.4) is 0 Å². The van der Waals surface area contributed by atoms with E-state index in [1.165, 1.54) is 16.5 Å². The average molecular weight is 148 g/mol. The van der Waals surface area contributed by atoms with E-state index < -0.39 is 10.0 Å². The fraction of sp³-hybridized carbons (Fsp3) is 0.800. The van der Waals surface area contributed by atoms with E-state index in [9.17, 15) is 8.42 Å². The minimum Gasteiger partial charge on any atom is -0.213 e. The van der Waals surface area contributed by atoms with Crippen LogP contribution in [-0.4, -0.2) is 32.1 Å². The first-order valence-corrected chi connectivity index (χ1v) is 4.61. The van der Waals surface area contributed by atoms with Gasteiger partial charge in [-0.3, -0.25) is 0 Å². The molecule has 1 saturated heterocycles. The Morgan fingerprint density at radius 3 is 2.00 bits per heavy atom. The van der Waals surface area contributed by atoms with Crippen molar-refractivity contribution in [3.05, 3.63) is 5.92 Å². The molecule has 0 aromatic carbocycles. The summed E-state index contributed by atoms with van der Waals surface area (Å²) in [4.78, 5) is 0. The summed E-state index contributed by atoms with van der Waals surface area (Å²) in [5.74, 6) is 1.24. The van der Waals surface area contributed by atoms with Crippen molar-refractivity contribution in [2.75, 3.05) is 19.3 Å². The molecule has 1 radical (unpaired) electrons. The van der Waals surface area contributed by atoms with Crippen molar-refractivity contribution in [1.82, 2.24) is 4.31 Å². The Balaban J connectivity index is 2.51. The Kier molecular flexibility index (Phi) is 1.52. The number of hydrogen-bond donors (Lipinski definition) is 0. The quantitative estimate of drug-likeness (QED) is 0.519. The molecular formula is C5H10NO2S. The van der Waals surface area contributed by atoms with E-state index >= 15 is 0 Å². The maximum Gasteiger partial charge on any atom is 0.211 e. The Bertz CT molecular complexity index is 191. The van der Waals surface area contributed by atoms with Crippen molar-refractivity contribution in [3.63, 3.8) is 0 Å². The van der Waals surface area contributed by atoms with Crippen LogP contribution in [0.15, 0.2) is 0 Å². The molecule has 4 heteroatoms. The predicted octanol–water partition coefficient (Wildman–Crippen LogP) is -0.144. The molecule has 1 aliphatic rings. The smallest absolute Gasteiger partial charge is 0.211 e. The summed E-state index contributed by atoms with van der Waals surface area (Å²) in [7, 11) is -2.89. The first kappa shape index (κ1) is 7.02. The highest BCUT2D eigenvalue weighted by molar-refractivity contribution is 7.88. The summed E-state index contributed by atoms with van der Waals surface area (Å²) in [5.41, 5.74) is 0. The Labute approximate surface area is 55.7 Å². The van der Waals surface area contributed by atoms with Gasteiger partial charge in [-0.05, 0) is 0 Å². The van der Waals surface area contributed by atoms with Crippen LogP contribution in [0, 0.1) is 5.92 Å². The molecule has 0 bridgehead atoms. The van der Waals surface area contributed by atoms with Crippen molar-refractivity contribution >= 4 is 10.0 Å². The van der Waals surface area contributed by atoms with Crippen molar-refractivity contribution in [2.45, 2.75) is 6.92 Å². The normalized spacial score (nSPS) is 23.8. The summed E-state index contributed by atoms with van der Waals surface area (Å²) in [6, 6.07) is 0. The van der Waals surface area contributed by atoms with Gasteiger partial charge in [-0.25, -0.2) is 12.7 Å². The zero-order chi connectivity index (χ0) is 7.07. The molecule has 9 heavy (non-hydrogen) atoms. The van der Waals surface area contributed by atoms with E-state index in [-0.39, 0.29) is 0 Å². The third-order valence-electron chi connectivity index (χ3n) is 1.36. The average Bonchev–Trinajstić information content (AvgIpc) is 1.55. The zero-order valence-electron chi connectivity index (χ0n) is 5.59. The highest BCUT2D eigenvalue weighted by Gasteiger charge is 2.29. The second kappa shape index (κ2) is 1.95. The van der Waals surface area contributed by atoms with Gasteiger partial charge in [0.25, 0.3) is 0 Å². The maximum absolute atomic E-state index is 10.7. The van der Waals surface area contributed by atoms with Gasteiger partial charge in [-0.1, -0.05) is 6.92 Å². The second-order valence-corrected chi connectivity index (χ2v) is 4.47. The van der Waals surface area contributed by atoms with Gasteiger partial charge in [-0.15, -0.1) is 0 Å². The van der Waals surface area contributed by atoms with Crippen LogP contribution in [0.1, 0.15) is 6.92 Å². The third kappa shape index (κ3) is 1.43. The first-order chi connectivity index (χ1) is 4.00. The lowest BCUT2D eigenvalue weighted by atomic mass is 10.1. The zero-order valence-corrected chi connectivity index (χ0v) is 6.40. The minimum absolute atomic E-state index is 0.624. The van der Waals surface area contributed by atoms with Crippen LogP contribution in [0.5, 0.6) is 0 Å². The summed E-state index contributed by atoms with van der Waals surface area (Å²) in [6.07, 6.45) is 1.24. The van der Waals surface area contributed by atoms with E-state index in [0.717, 1.165) is 0 Å². The van der Waals surface area contributed by atoms with Gasteiger partial charge in [-0.2, -0.15) is 0 Å². The first-order valence-electron chi connectivity index (χ1n) is 2.76. The molecule has 0 aliphatic carbocycles. The largest absolute Gasteiger partial charge is 0.213 e. The molecule has 0 N–H and O–H groups in total. The molecule has 1 heterocycles. The van der Waals surface area contributed by atoms with E-state index in [0.29, 0.717) is 13.1 Å². The predicted molar refractivity (Wildman–Crippen MR) is 35.3 cm³/mol. The van der Waals surface area contributed by atoms with E-state index in [2.05, 4.69) is 0 Å². The highest BCUT2D eigenvalue weighted by Crippen LogP contribution is 2.18.